The van der Waals surface area contributed by atoms with Crippen molar-refractivity contribution < 1.29 is 0 Å². The van der Waals surface area contributed by atoms with Crippen molar-refractivity contribution >= 4 is 43.7 Å². The molecule has 0 radical (unpaired) electrons. The molecule has 0 spiro atoms. The van der Waals surface area contributed by atoms with Gasteiger partial charge >= 0.3 is 0 Å². The molecule has 7 rings (SSSR count). The topological polar surface area (TPSA) is 12.9 Å². The van der Waals surface area contributed by atoms with Crippen LogP contribution in [-0.2, 0) is 10.8 Å². The van der Waals surface area contributed by atoms with Crippen LogP contribution in [0.2, 0.25) is 0 Å². The van der Waals surface area contributed by atoms with Gasteiger partial charge in [0.1, 0.15) is 5.01 Å². The Morgan fingerprint density at radius 3 is 2.23 bits per heavy atom. The molecule has 1 aliphatic carbocycles. The van der Waals surface area contributed by atoms with E-state index < -0.39 is 0 Å². The number of rotatable bonds is 2. The minimum atomic E-state index is 0.176. The Labute approximate surface area is 210 Å². The highest BCUT2D eigenvalue weighted by atomic mass is 32.1. The Morgan fingerprint density at radius 1 is 0.714 bits per heavy atom. The molecule has 2 heteroatoms. The molecule has 35 heavy (non-hydrogen) atoms. The summed E-state index contributed by atoms with van der Waals surface area (Å²) in [4.78, 5) is 6.09. The van der Waals surface area contributed by atoms with Gasteiger partial charge in [0.15, 0.2) is 0 Å². The molecule has 1 aliphatic rings. The summed E-state index contributed by atoms with van der Waals surface area (Å²) in [6.45, 7) is 9.71. The first kappa shape index (κ1) is 21.1. The summed E-state index contributed by atoms with van der Waals surface area (Å²) in [5.41, 5.74) is 5.93. The van der Waals surface area contributed by atoms with E-state index in [4.69, 9.17) is 4.98 Å². The fourth-order valence-corrected chi connectivity index (χ4v) is 7.31. The summed E-state index contributed by atoms with van der Waals surface area (Å²) < 4.78 is 0. The maximum Gasteiger partial charge on any atom is 0.124 e. The van der Waals surface area contributed by atoms with Crippen LogP contribution in [0.1, 0.15) is 51.7 Å². The van der Waals surface area contributed by atoms with Crippen LogP contribution in [0, 0.1) is 0 Å². The fourth-order valence-electron chi connectivity index (χ4n) is 6.34. The summed E-state index contributed by atoms with van der Waals surface area (Å²) in [6.07, 6.45) is 4.48. The van der Waals surface area contributed by atoms with E-state index in [-0.39, 0.29) is 10.8 Å². The number of nitrogens with zero attached hydrogens (tertiary/aromatic N) is 1. The smallest absolute Gasteiger partial charge is 0.124 e. The van der Waals surface area contributed by atoms with Crippen LogP contribution in [0.5, 0.6) is 0 Å². The van der Waals surface area contributed by atoms with Crippen LogP contribution in [0.3, 0.4) is 0 Å². The summed E-state index contributed by atoms with van der Waals surface area (Å²) >= 11 is 1.78. The molecule has 0 bridgehead atoms. The molecule has 6 aromatic rings. The van der Waals surface area contributed by atoms with Gasteiger partial charge in [-0.25, -0.2) is 4.98 Å². The summed E-state index contributed by atoms with van der Waals surface area (Å²) in [5, 5.41) is 9.32. The van der Waals surface area contributed by atoms with E-state index in [0.717, 1.165) is 5.01 Å². The molecule has 0 saturated carbocycles. The molecule has 0 unspecified atom stereocenters. The number of hydrogen-bond acceptors (Lipinski definition) is 2. The Kier molecular flexibility index (Phi) is 4.31. The second-order valence-corrected chi connectivity index (χ2v) is 12.5. The molecule has 1 nitrogen and oxygen atoms in total. The third-order valence-corrected chi connectivity index (χ3v) is 9.44. The molecular weight excluding hydrogens is 442 g/mol. The third-order valence-electron chi connectivity index (χ3n) is 8.36. The van der Waals surface area contributed by atoms with Crippen LogP contribution in [-0.4, -0.2) is 4.98 Å². The SMILES string of the molecule is CC1(C)CCC(C)(C)c2c1cc1ccc3c(-c4ncc(-c5ccccc5)s4)ccc4ccc2c1c43. The molecule has 1 heterocycles. The van der Waals surface area contributed by atoms with Crippen molar-refractivity contribution in [3.63, 3.8) is 0 Å². The van der Waals surface area contributed by atoms with Gasteiger partial charge in [0.2, 0.25) is 0 Å². The van der Waals surface area contributed by atoms with Gasteiger partial charge in [-0.3, -0.25) is 0 Å². The number of aromatic nitrogens is 1. The number of hydrogen-bond donors (Lipinski definition) is 0. The zero-order valence-corrected chi connectivity index (χ0v) is 21.6. The summed E-state index contributed by atoms with van der Waals surface area (Å²) in [6, 6.07) is 27.0. The normalized spacial score (nSPS) is 16.8. The molecule has 0 aliphatic heterocycles. The van der Waals surface area contributed by atoms with Crippen molar-refractivity contribution in [1.29, 1.82) is 0 Å². The molecule has 0 amide bonds. The standard InChI is InChI=1S/C33H29NS/c1-32(2)16-17-33(3,4)30-25-15-11-21-10-14-24(23-13-12-22(18-26(30)32)29(25)28(21)23)31-34-19-27(35-31)20-8-6-5-7-9-20/h5-15,18-19H,16-17H2,1-4H3. The lowest BCUT2D eigenvalue weighted by molar-refractivity contribution is 0.335. The Bertz CT molecular complexity index is 1740. The number of thiazole rings is 1. The van der Waals surface area contributed by atoms with Crippen LogP contribution >= 0.6 is 11.3 Å². The van der Waals surface area contributed by atoms with Crippen molar-refractivity contribution in [3.8, 4) is 21.0 Å². The highest BCUT2D eigenvalue weighted by Gasteiger charge is 2.38. The Morgan fingerprint density at radius 2 is 1.40 bits per heavy atom. The predicted octanol–water partition coefficient (Wildman–Crippen LogP) is 9.72. The first-order chi connectivity index (χ1) is 16.8. The highest BCUT2D eigenvalue weighted by Crippen LogP contribution is 2.51. The van der Waals surface area contributed by atoms with Crippen molar-refractivity contribution in [1.82, 2.24) is 4.98 Å². The van der Waals surface area contributed by atoms with Crippen molar-refractivity contribution in [3.05, 3.63) is 90.1 Å². The van der Waals surface area contributed by atoms with Gasteiger partial charge in [0.05, 0.1) is 4.88 Å². The Balaban J connectivity index is 1.52. The average molecular weight is 472 g/mol. The van der Waals surface area contributed by atoms with Crippen molar-refractivity contribution in [2.24, 2.45) is 0 Å². The van der Waals surface area contributed by atoms with E-state index in [0.29, 0.717) is 0 Å². The maximum absolute atomic E-state index is 4.88. The lowest BCUT2D eigenvalue weighted by Crippen LogP contribution is -2.34. The molecule has 0 fully saturated rings. The lowest BCUT2D eigenvalue weighted by atomic mass is 9.61. The lowest BCUT2D eigenvalue weighted by Gasteiger charge is -2.43. The molecule has 172 valence electrons. The third kappa shape index (κ3) is 3.02. The van der Waals surface area contributed by atoms with Crippen molar-refractivity contribution in [2.45, 2.75) is 51.4 Å². The molecule has 0 N–H and O–H groups in total. The van der Waals surface area contributed by atoms with Gasteiger partial charge in [-0.05, 0) is 72.7 Å². The minimum Gasteiger partial charge on any atom is -0.244 e. The molecular formula is C33H29NS. The van der Waals surface area contributed by atoms with Gasteiger partial charge in [-0.15, -0.1) is 11.3 Å². The van der Waals surface area contributed by atoms with E-state index in [1.807, 2.05) is 6.20 Å². The van der Waals surface area contributed by atoms with Gasteiger partial charge in [-0.1, -0.05) is 100 Å². The van der Waals surface area contributed by atoms with Crippen LogP contribution in [0.25, 0.3) is 53.3 Å². The van der Waals surface area contributed by atoms with Crippen LogP contribution < -0.4 is 0 Å². The minimum absolute atomic E-state index is 0.176. The van der Waals surface area contributed by atoms with E-state index in [9.17, 15) is 0 Å². The highest BCUT2D eigenvalue weighted by molar-refractivity contribution is 7.18. The van der Waals surface area contributed by atoms with Gasteiger partial charge in [0, 0.05) is 11.8 Å². The van der Waals surface area contributed by atoms with Crippen molar-refractivity contribution in [2.75, 3.05) is 0 Å². The van der Waals surface area contributed by atoms with E-state index in [1.165, 1.54) is 66.7 Å². The first-order valence-electron chi connectivity index (χ1n) is 12.6. The zero-order valence-electron chi connectivity index (χ0n) is 20.8. The van der Waals surface area contributed by atoms with Crippen LogP contribution in [0.15, 0.2) is 79.0 Å². The summed E-state index contributed by atoms with van der Waals surface area (Å²) in [7, 11) is 0. The molecule has 5 aromatic carbocycles. The number of benzene rings is 5. The molecule has 1 aromatic heterocycles. The second kappa shape index (κ2) is 7.15. The molecule has 0 atom stereocenters. The first-order valence-corrected chi connectivity index (χ1v) is 13.4. The summed E-state index contributed by atoms with van der Waals surface area (Å²) in [5.74, 6) is 0. The monoisotopic (exact) mass is 471 g/mol. The maximum atomic E-state index is 4.88. The Hall–Kier alpha value is -3.23. The second-order valence-electron chi connectivity index (χ2n) is 11.5. The van der Waals surface area contributed by atoms with Gasteiger partial charge in [-0.2, -0.15) is 0 Å². The van der Waals surface area contributed by atoms with E-state index in [2.05, 4.69) is 100 Å². The largest absolute Gasteiger partial charge is 0.244 e. The van der Waals surface area contributed by atoms with Gasteiger partial charge in [0.25, 0.3) is 0 Å². The quantitative estimate of drug-likeness (QED) is 0.229. The fraction of sp³-hybridized carbons (Fsp3) is 0.242. The number of fused-ring (bicyclic) bond motifs is 2. The van der Waals surface area contributed by atoms with Crippen LogP contribution in [0.4, 0.5) is 0 Å². The molecule has 0 saturated heterocycles. The van der Waals surface area contributed by atoms with E-state index in [1.54, 1.807) is 16.9 Å². The van der Waals surface area contributed by atoms with Gasteiger partial charge < -0.3 is 0 Å². The predicted molar refractivity (Wildman–Crippen MR) is 152 cm³/mol. The van der Waals surface area contributed by atoms with E-state index >= 15 is 0 Å². The average Bonchev–Trinajstić information content (AvgIpc) is 3.35. The zero-order chi connectivity index (χ0) is 23.9.